The fraction of sp³-hybridized carbons (Fsp3) is 0.800. The van der Waals surface area contributed by atoms with Crippen molar-refractivity contribution in [2.75, 3.05) is 32.7 Å². The van der Waals surface area contributed by atoms with E-state index in [-0.39, 0.29) is 0 Å². The highest BCUT2D eigenvalue weighted by atomic mass is 15.1. The summed E-state index contributed by atoms with van der Waals surface area (Å²) >= 11 is 0. The third kappa shape index (κ3) is 7.88. The molecule has 1 aliphatic rings. The highest BCUT2D eigenvalue weighted by Gasteiger charge is 2.14. The number of nitrogens with zero attached hydrogens (tertiary/aromatic N) is 2. The molecule has 0 unspecified atom stereocenters. The van der Waals surface area contributed by atoms with Crippen molar-refractivity contribution in [2.24, 2.45) is 16.6 Å². The minimum Gasteiger partial charge on any atom is -0.370 e. The van der Waals surface area contributed by atoms with Gasteiger partial charge in [-0.1, -0.05) is 19.1 Å². The molecule has 0 spiro atoms. The van der Waals surface area contributed by atoms with E-state index >= 15 is 0 Å². The van der Waals surface area contributed by atoms with Gasteiger partial charge in [-0.2, -0.15) is 0 Å². The Morgan fingerprint density at radius 2 is 2.05 bits per heavy atom. The van der Waals surface area contributed by atoms with E-state index < -0.39 is 0 Å². The van der Waals surface area contributed by atoms with E-state index in [0.29, 0.717) is 12.5 Å². The Morgan fingerprint density at radius 1 is 1.37 bits per heavy atom. The van der Waals surface area contributed by atoms with Crippen molar-refractivity contribution >= 4 is 5.96 Å². The highest BCUT2D eigenvalue weighted by molar-refractivity contribution is 5.77. The molecule has 0 atom stereocenters. The average molecular weight is 266 g/mol. The predicted octanol–water partition coefficient (Wildman–Crippen LogP) is 1.98. The van der Waals surface area contributed by atoms with Crippen LogP contribution in [0.2, 0.25) is 0 Å². The molecule has 0 aliphatic carbocycles. The van der Waals surface area contributed by atoms with E-state index in [1.54, 1.807) is 0 Å². The summed E-state index contributed by atoms with van der Waals surface area (Å²) in [5.41, 5.74) is 6.78. The van der Waals surface area contributed by atoms with Crippen LogP contribution in [0.3, 0.4) is 0 Å². The van der Waals surface area contributed by atoms with Crippen molar-refractivity contribution in [1.29, 1.82) is 0 Å². The minimum atomic E-state index is 0.537. The number of piperidine rings is 1. The van der Waals surface area contributed by atoms with Gasteiger partial charge in [-0.3, -0.25) is 0 Å². The molecule has 0 aromatic carbocycles. The van der Waals surface area contributed by atoms with Crippen LogP contribution >= 0.6 is 0 Å². The van der Waals surface area contributed by atoms with Crippen LogP contribution in [0.4, 0.5) is 0 Å². The minimum absolute atomic E-state index is 0.537. The molecule has 19 heavy (non-hydrogen) atoms. The fourth-order valence-electron chi connectivity index (χ4n) is 2.24. The Hall–Kier alpha value is -1.03. The van der Waals surface area contributed by atoms with Gasteiger partial charge in [-0.05, 0) is 58.2 Å². The van der Waals surface area contributed by atoms with Crippen LogP contribution in [-0.4, -0.2) is 43.6 Å². The molecule has 0 bridgehead atoms. The van der Waals surface area contributed by atoms with Gasteiger partial charge in [0.2, 0.25) is 0 Å². The number of nitrogens with one attached hydrogen (secondary N) is 1. The molecule has 1 fully saturated rings. The van der Waals surface area contributed by atoms with Crippen molar-refractivity contribution in [2.45, 2.75) is 39.5 Å². The second-order valence-electron chi connectivity index (χ2n) is 5.82. The Bertz CT molecular complexity index is 291. The molecule has 1 rings (SSSR count). The van der Waals surface area contributed by atoms with E-state index in [0.717, 1.165) is 24.5 Å². The third-order valence-electron chi connectivity index (χ3n) is 3.60. The van der Waals surface area contributed by atoms with Crippen LogP contribution in [0.25, 0.3) is 0 Å². The number of nitrogens with two attached hydrogens (primary N) is 1. The van der Waals surface area contributed by atoms with E-state index in [4.69, 9.17) is 5.73 Å². The topological polar surface area (TPSA) is 53.6 Å². The van der Waals surface area contributed by atoms with Gasteiger partial charge in [0.15, 0.2) is 5.96 Å². The van der Waals surface area contributed by atoms with Gasteiger partial charge in [0.05, 0.1) is 6.54 Å². The summed E-state index contributed by atoms with van der Waals surface area (Å²) in [6.45, 7) is 13.4. The fourth-order valence-corrected chi connectivity index (χ4v) is 2.24. The SMILES string of the molecule is C=C(C)CN=C(N)NCCCCN1CCC(C)CC1. The predicted molar refractivity (Wildman–Crippen MR) is 83.4 cm³/mol. The van der Waals surface area contributed by atoms with Crippen molar-refractivity contribution in [1.82, 2.24) is 10.2 Å². The van der Waals surface area contributed by atoms with E-state index in [1.807, 2.05) is 6.92 Å². The molecule has 0 amide bonds. The first kappa shape index (κ1) is 16.0. The van der Waals surface area contributed by atoms with Gasteiger partial charge in [0.25, 0.3) is 0 Å². The second kappa shape index (κ2) is 8.97. The van der Waals surface area contributed by atoms with Crippen molar-refractivity contribution in [3.63, 3.8) is 0 Å². The normalized spacial score (nSPS) is 18.5. The number of hydrogen-bond donors (Lipinski definition) is 2. The number of guanidine groups is 1. The summed E-state index contributed by atoms with van der Waals surface area (Å²) in [7, 11) is 0. The molecule has 1 aliphatic heterocycles. The number of hydrogen-bond acceptors (Lipinski definition) is 2. The summed E-state index contributed by atoms with van der Waals surface area (Å²) in [6.07, 6.45) is 5.10. The average Bonchev–Trinajstić information content (AvgIpc) is 2.38. The Kier molecular flexibility index (Phi) is 7.56. The first-order valence-electron chi connectivity index (χ1n) is 7.48. The Morgan fingerprint density at radius 3 is 2.68 bits per heavy atom. The van der Waals surface area contributed by atoms with Gasteiger partial charge >= 0.3 is 0 Å². The lowest BCUT2D eigenvalue weighted by molar-refractivity contribution is 0.189. The van der Waals surface area contributed by atoms with Crippen molar-refractivity contribution in [3.8, 4) is 0 Å². The zero-order valence-electron chi connectivity index (χ0n) is 12.6. The summed E-state index contributed by atoms with van der Waals surface area (Å²) in [5.74, 6) is 1.46. The number of aliphatic imine (C=N–C) groups is 1. The van der Waals surface area contributed by atoms with Crippen LogP contribution in [-0.2, 0) is 0 Å². The lowest BCUT2D eigenvalue weighted by Crippen LogP contribution is -2.35. The van der Waals surface area contributed by atoms with Crippen LogP contribution in [0.5, 0.6) is 0 Å². The van der Waals surface area contributed by atoms with Crippen LogP contribution < -0.4 is 11.1 Å². The maximum absolute atomic E-state index is 5.75. The van der Waals surface area contributed by atoms with Crippen LogP contribution in [0.15, 0.2) is 17.1 Å². The molecular weight excluding hydrogens is 236 g/mol. The number of rotatable bonds is 7. The van der Waals surface area contributed by atoms with Crippen LogP contribution in [0, 0.1) is 5.92 Å². The summed E-state index contributed by atoms with van der Waals surface area (Å²) in [4.78, 5) is 6.77. The third-order valence-corrected chi connectivity index (χ3v) is 3.60. The maximum Gasteiger partial charge on any atom is 0.188 e. The molecule has 0 radical (unpaired) electrons. The molecule has 0 aromatic heterocycles. The first-order chi connectivity index (χ1) is 9.08. The van der Waals surface area contributed by atoms with Gasteiger partial charge in [0, 0.05) is 6.54 Å². The highest BCUT2D eigenvalue weighted by Crippen LogP contribution is 2.15. The van der Waals surface area contributed by atoms with E-state index in [2.05, 4.69) is 28.7 Å². The summed E-state index contributed by atoms with van der Waals surface area (Å²) in [6, 6.07) is 0. The number of unbranched alkanes of at least 4 members (excludes halogenated alkanes) is 1. The first-order valence-corrected chi connectivity index (χ1v) is 7.48. The lowest BCUT2D eigenvalue weighted by Gasteiger charge is -2.30. The van der Waals surface area contributed by atoms with Crippen LogP contribution in [0.1, 0.15) is 39.5 Å². The number of likely N-dealkylation sites (tertiary alicyclic amines) is 1. The summed E-state index contributed by atoms with van der Waals surface area (Å²) < 4.78 is 0. The quantitative estimate of drug-likeness (QED) is 0.321. The molecule has 0 aromatic rings. The maximum atomic E-state index is 5.75. The van der Waals surface area contributed by atoms with Gasteiger partial charge in [-0.15, -0.1) is 0 Å². The zero-order chi connectivity index (χ0) is 14.1. The molecular formula is C15H30N4. The molecule has 1 heterocycles. The van der Waals surface area contributed by atoms with Crippen molar-refractivity contribution < 1.29 is 0 Å². The Balaban J connectivity index is 1.99. The van der Waals surface area contributed by atoms with E-state index in [9.17, 15) is 0 Å². The van der Waals surface area contributed by atoms with Gasteiger partial charge in [0.1, 0.15) is 0 Å². The smallest absolute Gasteiger partial charge is 0.188 e. The van der Waals surface area contributed by atoms with Gasteiger partial charge in [-0.25, -0.2) is 4.99 Å². The molecule has 0 saturated carbocycles. The zero-order valence-corrected chi connectivity index (χ0v) is 12.6. The largest absolute Gasteiger partial charge is 0.370 e. The molecule has 1 saturated heterocycles. The molecule has 3 N–H and O–H groups in total. The van der Waals surface area contributed by atoms with Gasteiger partial charge < -0.3 is 16.0 Å². The molecule has 110 valence electrons. The van der Waals surface area contributed by atoms with Crippen molar-refractivity contribution in [3.05, 3.63) is 12.2 Å². The lowest BCUT2D eigenvalue weighted by atomic mass is 9.99. The monoisotopic (exact) mass is 266 g/mol. The Labute approximate surface area is 118 Å². The standard InChI is InChI=1S/C15H30N4/c1-13(2)12-18-15(16)17-8-4-5-9-19-10-6-14(3)7-11-19/h14H,1,4-12H2,2-3H3,(H3,16,17,18). The summed E-state index contributed by atoms with van der Waals surface area (Å²) in [5, 5.41) is 3.15. The second-order valence-corrected chi connectivity index (χ2v) is 5.82. The van der Waals surface area contributed by atoms with E-state index in [1.165, 1.54) is 38.9 Å². The molecule has 4 heteroatoms. The molecule has 4 nitrogen and oxygen atoms in total.